The molecule has 0 unspecified atom stereocenters. The number of piperidine rings is 1. The second-order valence-electron chi connectivity index (χ2n) is 6.73. The molecule has 2 aromatic heterocycles. The van der Waals surface area contributed by atoms with Crippen LogP contribution in [0.5, 0.6) is 5.75 Å². The number of ether oxygens (including phenoxy) is 1. The molecule has 1 fully saturated rings. The van der Waals surface area contributed by atoms with Crippen LogP contribution in [0.2, 0.25) is 0 Å². The summed E-state index contributed by atoms with van der Waals surface area (Å²) in [6.07, 6.45) is 4.81. The van der Waals surface area contributed by atoms with Crippen molar-refractivity contribution in [2.75, 3.05) is 25.0 Å². The first-order valence-electron chi connectivity index (χ1n) is 9.46. The number of likely N-dealkylation sites (tertiary alicyclic amines) is 1. The van der Waals surface area contributed by atoms with Gasteiger partial charge in [0, 0.05) is 31.0 Å². The molecule has 3 aromatic rings. The van der Waals surface area contributed by atoms with E-state index in [4.69, 9.17) is 9.26 Å². The summed E-state index contributed by atoms with van der Waals surface area (Å²) in [4.78, 5) is 30.6. The average Bonchev–Trinajstić information content (AvgIpc) is 3.10. The predicted molar refractivity (Wildman–Crippen MR) is 105 cm³/mol. The molecule has 4 rings (SSSR count). The minimum absolute atomic E-state index is 0.0183. The largest absolute Gasteiger partial charge is 0.490 e. The second kappa shape index (κ2) is 7.75. The standard InChI is InChI=1S/C20H22N4O4/c1-2-27-17-10-13(20(26)24-8-4-3-5-9-24)12-21-18(17)22-14-6-7-15-16(11-14)28-23-19(15)25/h6-7,10-12H,2-5,8-9H2,1H3,(H,21,22)(H,23,25). The lowest BCUT2D eigenvalue weighted by atomic mass is 10.1. The van der Waals surface area contributed by atoms with Gasteiger partial charge in [-0.15, -0.1) is 0 Å². The fourth-order valence-electron chi connectivity index (χ4n) is 3.37. The van der Waals surface area contributed by atoms with Crippen LogP contribution < -0.4 is 15.6 Å². The molecule has 0 saturated carbocycles. The Labute approximate surface area is 161 Å². The van der Waals surface area contributed by atoms with Crippen molar-refractivity contribution in [1.82, 2.24) is 15.0 Å². The number of carbonyl (C=O) groups is 1. The summed E-state index contributed by atoms with van der Waals surface area (Å²) in [6, 6.07) is 6.87. The van der Waals surface area contributed by atoms with Gasteiger partial charge in [0.25, 0.3) is 11.5 Å². The molecule has 8 nitrogen and oxygen atoms in total. The summed E-state index contributed by atoms with van der Waals surface area (Å²) in [7, 11) is 0. The number of hydrogen-bond acceptors (Lipinski definition) is 6. The van der Waals surface area contributed by atoms with Gasteiger partial charge >= 0.3 is 0 Å². The van der Waals surface area contributed by atoms with Crippen molar-refractivity contribution < 1.29 is 14.1 Å². The van der Waals surface area contributed by atoms with Crippen LogP contribution in [0.4, 0.5) is 11.5 Å². The summed E-state index contributed by atoms with van der Waals surface area (Å²) in [5, 5.41) is 5.95. The van der Waals surface area contributed by atoms with Gasteiger partial charge in [0.05, 0.1) is 17.6 Å². The highest BCUT2D eigenvalue weighted by Gasteiger charge is 2.20. The summed E-state index contributed by atoms with van der Waals surface area (Å²) >= 11 is 0. The Morgan fingerprint density at radius 3 is 2.89 bits per heavy atom. The molecule has 1 aliphatic rings. The Balaban J connectivity index is 1.60. The predicted octanol–water partition coefficient (Wildman–Crippen LogP) is 3.28. The maximum absolute atomic E-state index is 12.7. The van der Waals surface area contributed by atoms with E-state index in [-0.39, 0.29) is 11.5 Å². The van der Waals surface area contributed by atoms with E-state index in [1.165, 1.54) is 6.42 Å². The first-order valence-corrected chi connectivity index (χ1v) is 9.46. The van der Waals surface area contributed by atoms with Gasteiger partial charge in [-0.05, 0) is 44.4 Å². The SMILES string of the molecule is CCOc1cc(C(=O)N2CCCCC2)cnc1Nc1ccc2c(=O)[nH]oc2c1. The zero-order valence-corrected chi connectivity index (χ0v) is 15.7. The smallest absolute Gasteiger partial charge is 0.287 e. The highest BCUT2D eigenvalue weighted by atomic mass is 16.5. The van der Waals surface area contributed by atoms with Gasteiger partial charge in [-0.3, -0.25) is 9.59 Å². The zero-order chi connectivity index (χ0) is 19.5. The summed E-state index contributed by atoms with van der Waals surface area (Å²) in [6.45, 7) is 3.89. The monoisotopic (exact) mass is 382 g/mol. The molecule has 0 atom stereocenters. The van der Waals surface area contributed by atoms with Gasteiger partial charge in [-0.1, -0.05) is 0 Å². The first kappa shape index (κ1) is 18.1. The van der Waals surface area contributed by atoms with Crippen molar-refractivity contribution in [3.63, 3.8) is 0 Å². The first-order chi connectivity index (χ1) is 13.7. The second-order valence-corrected chi connectivity index (χ2v) is 6.73. The van der Waals surface area contributed by atoms with Crippen LogP contribution in [0.15, 0.2) is 39.8 Å². The molecule has 0 aliphatic carbocycles. The summed E-state index contributed by atoms with van der Waals surface area (Å²) < 4.78 is 10.8. The van der Waals surface area contributed by atoms with Crippen molar-refractivity contribution in [2.24, 2.45) is 0 Å². The van der Waals surface area contributed by atoms with E-state index in [0.29, 0.717) is 40.4 Å². The van der Waals surface area contributed by atoms with Crippen molar-refractivity contribution >= 4 is 28.4 Å². The fourth-order valence-corrected chi connectivity index (χ4v) is 3.37. The highest BCUT2D eigenvalue weighted by molar-refractivity contribution is 5.95. The molecule has 1 aliphatic heterocycles. The third-order valence-corrected chi connectivity index (χ3v) is 4.79. The number of amides is 1. The van der Waals surface area contributed by atoms with Crippen molar-refractivity contribution in [3.05, 3.63) is 46.4 Å². The van der Waals surface area contributed by atoms with E-state index in [0.717, 1.165) is 25.9 Å². The fraction of sp³-hybridized carbons (Fsp3) is 0.350. The number of nitrogens with zero attached hydrogens (tertiary/aromatic N) is 2. The highest BCUT2D eigenvalue weighted by Crippen LogP contribution is 2.28. The third kappa shape index (κ3) is 3.58. The number of aromatic nitrogens is 2. The van der Waals surface area contributed by atoms with Crippen LogP contribution in [0.3, 0.4) is 0 Å². The molecule has 1 aromatic carbocycles. The van der Waals surface area contributed by atoms with Crippen molar-refractivity contribution in [2.45, 2.75) is 26.2 Å². The molecule has 28 heavy (non-hydrogen) atoms. The van der Waals surface area contributed by atoms with Crippen LogP contribution in [-0.2, 0) is 0 Å². The van der Waals surface area contributed by atoms with Crippen LogP contribution in [-0.4, -0.2) is 40.6 Å². The number of pyridine rings is 1. The molecular weight excluding hydrogens is 360 g/mol. The number of benzene rings is 1. The molecule has 3 heterocycles. The minimum Gasteiger partial charge on any atom is -0.490 e. The van der Waals surface area contributed by atoms with Gasteiger partial charge in [0.1, 0.15) is 0 Å². The molecule has 2 N–H and O–H groups in total. The number of hydrogen-bond donors (Lipinski definition) is 2. The van der Waals surface area contributed by atoms with E-state index in [9.17, 15) is 9.59 Å². The molecule has 1 saturated heterocycles. The lowest BCUT2D eigenvalue weighted by Crippen LogP contribution is -2.35. The quantitative estimate of drug-likeness (QED) is 0.702. The van der Waals surface area contributed by atoms with Crippen molar-refractivity contribution in [3.8, 4) is 5.75 Å². The van der Waals surface area contributed by atoms with Gasteiger partial charge in [-0.25, -0.2) is 4.98 Å². The Bertz CT molecular complexity index is 1050. The van der Waals surface area contributed by atoms with Gasteiger partial charge < -0.3 is 19.5 Å². The number of H-pyrrole nitrogens is 1. The topological polar surface area (TPSA) is 100 Å². The molecule has 8 heteroatoms. The maximum Gasteiger partial charge on any atom is 0.287 e. The van der Waals surface area contributed by atoms with Crippen molar-refractivity contribution in [1.29, 1.82) is 0 Å². The number of carbonyl (C=O) groups excluding carboxylic acids is 1. The lowest BCUT2D eigenvalue weighted by molar-refractivity contribution is 0.0723. The zero-order valence-electron chi connectivity index (χ0n) is 15.7. The van der Waals surface area contributed by atoms with E-state index < -0.39 is 0 Å². The Kier molecular flexibility index (Phi) is 5.01. The summed E-state index contributed by atoms with van der Waals surface area (Å²) in [5.41, 5.74) is 1.39. The van der Waals surface area contributed by atoms with Gasteiger partial charge in [-0.2, -0.15) is 5.16 Å². The van der Waals surface area contributed by atoms with E-state index in [1.54, 1.807) is 30.5 Å². The normalized spacial score (nSPS) is 14.2. The Hall–Kier alpha value is -3.29. The van der Waals surface area contributed by atoms with Crippen LogP contribution in [0.25, 0.3) is 11.0 Å². The lowest BCUT2D eigenvalue weighted by Gasteiger charge is -2.26. The van der Waals surface area contributed by atoms with E-state index in [1.807, 2.05) is 11.8 Å². The van der Waals surface area contributed by atoms with Gasteiger partial charge in [0.2, 0.25) is 0 Å². The van der Waals surface area contributed by atoms with E-state index in [2.05, 4.69) is 15.5 Å². The molecule has 0 spiro atoms. The number of aromatic amines is 1. The summed E-state index contributed by atoms with van der Waals surface area (Å²) in [5.74, 6) is 0.977. The number of rotatable bonds is 5. The number of anilines is 2. The number of fused-ring (bicyclic) bond motifs is 1. The van der Waals surface area contributed by atoms with Crippen LogP contribution in [0, 0.1) is 0 Å². The third-order valence-electron chi connectivity index (χ3n) is 4.79. The number of nitrogens with one attached hydrogen (secondary N) is 2. The molecule has 146 valence electrons. The molecule has 1 amide bonds. The maximum atomic E-state index is 12.7. The Morgan fingerprint density at radius 1 is 1.29 bits per heavy atom. The van der Waals surface area contributed by atoms with Crippen LogP contribution >= 0.6 is 0 Å². The molecule has 0 bridgehead atoms. The van der Waals surface area contributed by atoms with Gasteiger partial charge in [0.15, 0.2) is 17.2 Å². The minimum atomic E-state index is -0.268. The molecule has 0 radical (unpaired) electrons. The molecular formula is C20H22N4O4. The van der Waals surface area contributed by atoms with Crippen LogP contribution in [0.1, 0.15) is 36.5 Å². The van der Waals surface area contributed by atoms with E-state index >= 15 is 0 Å². The Morgan fingerprint density at radius 2 is 2.11 bits per heavy atom. The average molecular weight is 382 g/mol.